The number of nitrogens with zero attached hydrogens (tertiary/aromatic N) is 1. The highest BCUT2D eigenvalue weighted by atomic mass is 35.5. The van der Waals surface area contributed by atoms with Crippen LogP contribution >= 0.6 is 11.6 Å². The number of aromatic hydroxyl groups is 2. The van der Waals surface area contributed by atoms with Crippen LogP contribution in [0.3, 0.4) is 0 Å². The maximum atomic E-state index is 12.8. The van der Waals surface area contributed by atoms with Gasteiger partial charge >= 0.3 is 5.97 Å². The highest BCUT2D eigenvalue weighted by molar-refractivity contribution is 6.33. The molecule has 8 heteroatoms. The summed E-state index contributed by atoms with van der Waals surface area (Å²) in [6, 6.07) is 8.17. The summed E-state index contributed by atoms with van der Waals surface area (Å²) in [5, 5.41) is 30.8. The van der Waals surface area contributed by atoms with Crippen LogP contribution in [0.4, 0.5) is 0 Å². The van der Waals surface area contributed by atoms with Gasteiger partial charge in [-0.05, 0) is 32.1 Å². The molecule has 1 aliphatic heterocycles. The van der Waals surface area contributed by atoms with Crippen LogP contribution in [0, 0.1) is 0 Å². The Morgan fingerprint density at radius 1 is 1.21 bits per heavy atom. The lowest BCUT2D eigenvalue weighted by atomic mass is 9.89. The van der Waals surface area contributed by atoms with E-state index in [0.717, 1.165) is 6.07 Å². The van der Waals surface area contributed by atoms with Gasteiger partial charge in [0.2, 0.25) is 0 Å². The van der Waals surface area contributed by atoms with Crippen LogP contribution in [0.25, 0.3) is 22.3 Å². The number of aliphatic carboxylic acids is 1. The summed E-state index contributed by atoms with van der Waals surface area (Å²) in [7, 11) is 1.68. The van der Waals surface area contributed by atoms with Crippen LogP contribution in [0.15, 0.2) is 45.6 Å². The zero-order valence-corrected chi connectivity index (χ0v) is 16.2. The highest BCUT2D eigenvalue weighted by Crippen LogP contribution is 2.44. The predicted octanol–water partition coefficient (Wildman–Crippen LogP) is 3.40. The van der Waals surface area contributed by atoms with E-state index in [1.165, 1.54) is 6.07 Å². The van der Waals surface area contributed by atoms with E-state index in [-0.39, 0.29) is 28.0 Å². The largest absolute Gasteiger partial charge is 0.507 e. The maximum absolute atomic E-state index is 12.8. The zero-order chi connectivity index (χ0) is 20.9. The third kappa shape index (κ3) is 3.12. The molecule has 1 saturated heterocycles. The number of hydrogen-bond acceptors (Lipinski definition) is 6. The van der Waals surface area contributed by atoms with Gasteiger partial charge in [0.25, 0.3) is 0 Å². The van der Waals surface area contributed by atoms with Crippen molar-refractivity contribution in [3.8, 4) is 22.8 Å². The Balaban J connectivity index is 2.04. The normalized spacial score (nSPS) is 19.7. The van der Waals surface area contributed by atoms with E-state index in [1.807, 2.05) is 0 Å². The molecule has 1 fully saturated rings. The molecular formula is C21H18ClNO6. The van der Waals surface area contributed by atoms with Gasteiger partial charge in [0.1, 0.15) is 34.3 Å². The Morgan fingerprint density at radius 3 is 2.62 bits per heavy atom. The third-order valence-corrected chi connectivity index (χ3v) is 5.74. The number of carbonyl (C=O) groups is 1. The number of phenolic OH excluding ortho intramolecular Hbond substituents is 2. The molecule has 2 aromatic carbocycles. The topological polar surface area (TPSA) is 111 Å². The summed E-state index contributed by atoms with van der Waals surface area (Å²) in [4.78, 5) is 26.3. The average Bonchev–Trinajstić information content (AvgIpc) is 3.02. The van der Waals surface area contributed by atoms with Crippen molar-refractivity contribution in [3.05, 3.63) is 57.2 Å². The van der Waals surface area contributed by atoms with Gasteiger partial charge in [0.05, 0.1) is 5.02 Å². The van der Waals surface area contributed by atoms with Crippen LogP contribution < -0.4 is 5.43 Å². The molecule has 0 amide bonds. The van der Waals surface area contributed by atoms with Crippen molar-refractivity contribution in [1.29, 1.82) is 0 Å². The molecule has 29 heavy (non-hydrogen) atoms. The van der Waals surface area contributed by atoms with Gasteiger partial charge in [-0.1, -0.05) is 23.7 Å². The molecule has 0 spiro atoms. The molecule has 1 aromatic heterocycles. The third-order valence-electron chi connectivity index (χ3n) is 5.41. The summed E-state index contributed by atoms with van der Waals surface area (Å²) in [5.41, 5.74) is 0.121. The fraction of sp³-hybridized carbons (Fsp3) is 0.238. The van der Waals surface area contributed by atoms with Crippen LogP contribution in [-0.2, 0) is 4.79 Å². The number of carboxylic acid groups (broad SMARTS) is 1. The quantitative estimate of drug-likeness (QED) is 0.601. The van der Waals surface area contributed by atoms with Gasteiger partial charge in [0.15, 0.2) is 5.43 Å². The first kappa shape index (κ1) is 19.3. The second-order valence-electron chi connectivity index (χ2n) is 7.15. The van der Waals surface area contributed by atoms with Crippen molar-refractivity contribution in [2.75, 3.05) is 13.6 Å². The second-order valence-corrected chi connectivity index (χ2v) is 7.55. The van der Waals surface area contributed by atoms with Crippen molar-refractivity contribution < 1.29 is 24.5 Å². The molecule has 0 radical (unpaired) electrons. The number of likely N-dealkylation sites (N-methyl/N-ethyl adjacent to an activating group) is 1. The van der Waals surface area contributed by atoms with E-state index in [9.17, 15) is 24.9 Å². The Morgan fingerprint density at radius 2 is 1.93 bits per heavy atom. The SMILES string of the molecule is CN1CCC(c2c(O)cc(O)c3c(=O)cc(-c4ccccc4Cl)oc23)C1C(=O)O. The lowest BCUT2D eigenvalue weighted by molar-refractivity contribution is -0.142. The number of hydrogen-bond donors (Lipinski definition) is 3. The molecule has 0 aliphatic carbocycles. The lowest BCUT2D eigenvalue weighted by Gasteiger charge is -2.22. The van der Waals surface area contributed by atoms with Crippen molar-refractivity contribution in [3.63, 3.8) is 0 Å². The molecule has 2 heterocycles. The van der Waals surface area contributed by atoms with Crippen molar-refractivity contribution in [2.45, 2.75) is 18.4 Å². The fourth-order valence-corrected chi connectivity index (χ4v) is 4.31. The Labute approximate surface area is 170 Å². The molecule has 1 aliphatic rings. The minimum absolute atomic E-state index is 0.0310. The summed E-state index contributed by atoms with van der Waals surface area (Å²) < 4.78 is 5.96. The number of phenols is 2. The molecule has 7 nitrogen and oxygen atoms in total. The first-order chi connectivity index (χ1) is 13.8. The van der Waals surface area contributed by atoms with Crippen molar-refractivity contribution >= 4 is 28.5 Å². The molecule has 150 valence electrons. The first-order valence-electron chi connectivity index (χ1n) is 9.00. The summed E-state index contributed by atoms with van der Waals surface area (Å²) >= 11 is 6.23. The van der Waals surface area contributed by atoms with Crippen molar-refractivity contribution in [2.24, 2.45) is 0 Å². The minimum atomic E-state index is -1.04. The monoisotopic (exact) mass is 415 g/mol. The molecule has 0 bridgehead atoms. The lowest BCUT2D eigenvalue weighted by Crippen LogP contribution is -2.36. The van der Waals surface area contributed by atoms with E-state index < -0.39 is 29.1 Å². The number of benzene rings is 2. The van der Waals surface area contributed by atoms with Crippen LogP contribution in [0.1, 0.15) is 17.9 Å². The van der Waals surface area contributed by atoms with Crippen LogP contribution in [-0.4, -0.2) is 45.8 Å². The van der Waals surface area contributed by atoms with Gasteiger partial charge in [0, 0.05) is 29.2 Å². The van der Waals surface area contributed by atoms with Gasteiger partial charge in [-0.15, -0.1) is 0 Å². The number of halogens is 1. The van der Waals surface area contributed by atoms with Crippen LogP contribution in [0.2, 0.25) is 5.02 Å². The van der Waals surface area contributed by atoms with Gasteiger partial charge in [-0.25, -0.2) is 0 Å². The number of rotatable bonds is 3. The molecule has 3 aromatic rings. The van der Waals surface area contributed by atoms with Gasteiger partial charge in [-0.2, -0.15) is 0 Å². The van der Waals surface area contributed by atoms with Crippen LogP contribution in [0.5, 0.6) is 11.5 Å². The Kier molecular flexibility index (Phi) is 4.72. The molecule has 2 unspecified atom stereocenters. The molecule has 2 atom stereocenters. The average molecular weight is 416 g/mol. The number of fused-ring (bicyclic) bond motifs is 1. The second kappa shape index (κ2) is 7.09. The van der Waals surface area contributed by atoms with E-state index in [2.05, 4.69) is 0 Å². The van der Waals surface area contributed by atoms with E-state index in [0.29, 0.717) is 23.6 Å². The molecule has 4 rings (SSSR count). The standard InChI is InChI=1S/C21H18ClNO6/c1-23-7-6-11(19(23)21(27)28)17-13(24)8-14(25)18-15(26)9-16(29-20(17)18)10-4-2-3-5-12(10)22/h2-5,8-9,11,19,24-25H,6-7H2,1H3,(H,27,28). The van der Waals surface area contributed by atoms with Gasteiger partial charge in [-0.3, -0.25) is 14.5 Å². The fourth-order valence-electron chi connectivity index (χ4n) is 4.08. The first-order valence-corrected chi connectivity index (χ1v) is 9.38. The Bertz CT molecular complexity index is 1190. The highest BCUT2D eigenvalue weighted by Gasteiger charge is 2.41. The molecule has 3 N–H and O–H groups in total. The molecular weight excluding hydrogens is 398 g/mol. The summed E-state index contributed by atoms with van der Waals surface area (Å²) in [5.74, 6) is -2.25. The predicted molar refractivity (Wildman–Crippen MR) is 108 cm³/mol. The Hall–Kier alpha value is -3.03. The summed E-state index contributed by atoms with van der Waals surface area (Å²) in [6.07, 6.45) is 0.445. The van der Waals surface area contributed by atoms with Crippen molar-refractivity contribution in [1.82, 2.24) is 4.90 Å². The molecule has 0 saturated carbocycles. The van der Waals surface area contributed by atoms with Gasteiger partial charge < -0.3 is 19.7 Å². The van der Waals surface area contributed by atoms with E-state index >= 15 is 0 Å². The number of likely N-dealkylation sites (tertiary alicyclic amines) is 1. The smallest absolute Gasteiger partial charge is 0.321 e. The zero-order valence-electron chi connectivity index (χ0n) is 15.4. The summed E-state index contributed by atoms with van der Waals surface area (Å²) in [6.45, 7) is 0.498. The number of carboxylic acids is 1. The minimum Gasteiger partial charge on any atom is -0.507 e. The van der Waals surface area contributed by atoms with E-state index in [1.54, 1.807) is 36.2 Å². The van der Waals surface area contributed by atoms with E-state index in [4.69, 9.17) is 16.0 Å². The maximum Gasteiger partial charge on any atom is 0.321 e.